The molecule has 2 aromatic heterocycles. The summed E-state index contributed by atoms with van der Waals surface area (Å²) in [5, 5.41) is 1.90. The van der Waals surface area contributed by atoms with Gasteiger partial charge in [0.05, 0.1) is 0 Å². The number of carbonyl (C=O) groups is 1. The fourth-order valence-corrected chi connectivity index (χ4v) is 2.78. The van der Waals surface area contributed by atoms with Gasteiger partial charge in [-0.2, -0.15) is 4.99 Å². The summed E-state index contributed by atoms with van der Waals surface area (Å²) in [6.07, 6.45) is 5.19. The van der Waals surface area contributed by atoms with E-state index in [9.17, 15) is 4.79 Å². The molecule has 0 unspecified atom stereocenters. The van der Waals surface area contributed by atoms with Gasteiger partial charge in [-0.25, -0.2) is 0 Å². The highest BCUT2D eigenvalue weighted by molar-refractivity contribution is 7.12. The van der Waals surface area contributed by atoms with Crippen LogP contribution in [0.5, 0.6) is 0 Å². The Morgan fingerprint density at radius 2 is 2.29 bits per heavy atom. The average Bonchev–Trinajstić information content (AvgIpc) is 2.86. The number of carbonyl (C=O) groups excluding carboxylic acids is 1. The molecule has 0 aromatic carbocycles. The first-order chi connectivity index (χ1) is 8.15. The van der Waals surface area contributed by atoms with Gasteiger partial charge in [0, 0.05) is 34.5 Å². The summed E-state index contributed by atoms with van der Waals surface area (Å²) in [5.41, 5.74) is 0. The standard InChI is InChI=1S/C12H12N2OS2/c1-9-3-4-10(17-9)5-6-11(15)13-12-14(2)7-8-16-12/h3-8H,1-2H3/b6-5+,13-12?. The summed E-state index contributed by atoms with van der Waals surface area (Å²) in [6, 6.07) is 4.03. The van der Waals surface area contributed by atoms with E-state index in [2.05, 4.69) is 4.99 Å². The van der Waals surface area contributed by atoms with Gasteiger partial charge >= 0.3 is 0 Å². The summed E-state index contributed by atoms with van der Waals surface area (Å²) in [7, 11) is 1.87. The van der Waals surface area contributed by atoms with Gasteiger partial charge in [-0.15, -0.1) is 22.7 Å². The molecule has 0 bridgehead atoms. The van der Waals surface area contributed by atoms with Gasteiger partial charge in [0.25, 0.3) is 5.91 Å². The maximum atomic E-state index is 11.6. The van der Waals surface area contributed by atoms with Crippen molar-refractivity contribution >= 4 is 34.7 Å². The molecule has 0 radical (unpaired) electrons. The number of hydrogen-bond acceptors (Lipinski definition) is 3. The van der Waals surface area contributed by atoms with Crippen molar-refractivity contribution in [3.63, 3.8) is 0 Å². The lowest BCUT2D eigenvalue weighted by molar-refractivity contribution is -0.113. The van der Waals surface area contributed by atoms with Crippen LogP contribution in [0.25, 0.3) is 6.08 Å². The second-order valence-corrected chi connectivity index (χ2v) is 5.72. The first-order valence-electron chi connectivity index (χ1n) is 5.08. The molecule has 2 heterocycles. The van der Waals surface area contributed by atoms with Gasteiger partial charge in [0.1, 0.15) is 0 Å². The summed E-state index contributed by atoms with van der Waals surface area (Å²) in [5.74, 6) is -0.228. The lowest BCUT2D eigenvalue weighted by atomic mass is 10.4. The molecule has 3 nitrogen and oxygen atoms in total. The topological polar surface area (TPSA) is 34.4 Å². The van der Waals surface area contributed by atoms with Crippen LogP contribution in [0.3, 0.4) is 0 Å². The van der Waals surface area contributed by atoms with Crippen LogP contribution in [0.2, 0.25) is 0 Å². The molecule has 5 heteroatoms. The summed E-state index contributed by atoms with van der Waals surface area (Å²) in [6.45, 7) is 2.04. The molecule has 1 amide bonds. The van der Waals surface area contributed by atoms with E-state index in [4.69, 9.17) is 0 Å². The molecule has 0 spiro atoms. The number of nitrogens with zero attached hydrogens (tertiary/aromatic N) is 2. The average molecular weight is 264 g/mol. The Labute approximate surface area is 107 Å². The molecule has 0 saturated carbocycles. The van der Waals surface area contributed by atoms with Crippen LogP contribution < -0.4 is 4.80 Å². The van der Waals surface area contributed by atoms with Gasteiger partial charge < -0.3 is 4.57 Å². The van der Waals surface area contributed by atoms with Crippen molar-refractivity contribution in [3.8, 4) is 0 Å². The minimum absolute atomic E-state index is 0.228. The van der Waals surface area contributed by atoms with E-state index < -0.39 is 0 Å². The molecule has 2 rings (SSSR count). The van der Waals surface area contributed by atoms with Crippen molar-refractivity contribution < 1.29 is 4.79 Å². The highest BCUT2D eigenvalue weighted by Crippen LogP contribution is 2.16. The summed E-state index contributed by atoms with van der Waals surface area (Å²) in [4.78, 5) is 18.6. The van der Waals surface area contributed by atoms with E-state index in [-0.39, 0.29) is 5.91 Å². The second kappa shape index (κ2) is 5.25. The van der Waals surface area contributed by atoms with Crippen LogP contribution in [-0.2, 0) is 11.8 Å². The zero-order valence-corrected chi connectivity index (χ0v) is 11.2. The SMILES string of the molecule is Cc1ccc(/C=C/C(=O)N=c2sccn2C)s1. The third-order valence-corrected chi connectivity index (χ3v) is 3.93. The van der Waals surface area contributed by atoms with Crippen LogP contribution in [0, 0.1) is 6.92 Å². The van der Waals surface area contributed by atoms with E-state index in [1.54, 1.807) is 17.4 Å². The van der Waals surface area contributed by atoms with Gasteiger partial charge in [-0.3, -0.25) is 4.79 Å². The molecule has 0 atom stereocenters. The second-order valence-electron chi connectivity index (χ2n) is 3.53. The number of aromatic nitrogens is 1. The van der Waals surface area contributed by atoms with Crippen molar-refractivity contribution in [1.82, 2.24) is 4.57 Å². The molecule has 0 aliphatic rings. The predicted molar refractivity (Wildman–Crippen MR) is 72.0 cm³/mol. The van der Waals surface area contributed by atoms with Crippen molar-refractivity contribution in [1.29, 1.82) is 0 Å². The minimum Gasteiger partial charge on any atom is -0.327 e. The van der Waals surface area contributed by atoms with Gasteiger partial charge in [0.15, 0.2) is 4.80 Å². The highest BCUT2D eigenvalue weighted by atomic mass is 32.1. The lowest BCUT2D eigenvalue weighted by Crippen LogP contribution is -2.11. The lowest BCUT2D eigenvalue weighted by Gasteiger charge is -1.87. The fourth-order valence-electron chi connectivity index (χ4n) is 1.26. The Kier molecular flexibility index (Phi) is 3.71. The number of amides is 1. The molecule has 17 heavy (non-hydrogen) atoms. The van der Waals surface area contributed by atoms with E-state index in [1.807, 2.05) is 42.2 Å². The quantitative estimate of drug-likeness (QED) is 0.768. The molecule has 0 N–H and O–H groups in total. The monoisotopic (exact) mass is 264 g/mol. The molecule has 0 fully saturated rings. The van der Waals surface area contributed by atoms with E-state index >= 15 is 0 Å². The minimum atomic E-state index is -0.228. The van der Waals surface area contributed by atoms with Crippen molar-refractivity contribution in [3.05, 3.63) is 44.3 Å². The predicted octanol–water partition coefficient (Wildman–Crippen LogP) is 2.60. The van der Waals surface area contributed by atoms with E-state index in [1.165, 1.54) is 22.3 Å². The normalized spacial score (nSPS) is 12.5. The molecular weight excluding hydrogens is 252 g/mol. The van der Waals surface area contributed by atoms with Gasteiger partial charge in [-0.05, 0) is 25.1 Å². The summed E-state index contributed by atoms with van der Waals surface area (Å²) < 4.78 is 1.83. The highest BCUT2D eigenvalue weighted by Gasteiger charge is 1.96. The first-order valence-corrected chi connectivity index (χ1v) is 6.78. The Morgan fingerprint density at radius 3 is 2.88 bits per heavy atom. The maximum Gasteiger partial charge on any atom is 0.272 e. The fraction of sp³-hybridized carbons (Fsp3) is 0.167. The molecule has 88 valence electrons. The Bertz CT molecular complexity index is 616. The Morgan fingerprint density at radius 1 is 1.47 bits per heavy atom. The third-order valence-electron chi connectivity index (χ3n) is 2.12. The smallest absolute Gasteiger partial charge is 0.272 e. The number of rotatable bonds is 2. The van der Waals surface area contributed by atoms with E-state index in [0.29, 0.717) is 4.80 Å². The van der Waals surface area contributed by atoms with Crippen LogP contribution in [0.1, 0.15) is 9.75 Å². The Balaban J connectivity index is 2.13. The first kappa shape index (κ1) is 12.0. The molecule has 0 aliphatic heterocycles. The Hall–Kier alpha value is -1.46. The van der Waals surface area contributed by atoms with Crippen molar-refractivity contribution in [2.75, 3.05) is 0 Å². The van der Waals surface area contributed by atoms with Crippen LogP contribution in [0.4, 0.5) is 0 Å². The number of aryl methyl sites for hydroxylation is 2. The number of thiophene rings is 1. The number of thiazole rings is 1. The van der Waals surface area contributed by atoms with Crippen molar-refractivity contribution in [2.24, 2.45) is 12.0 Å². The number of hydrogen-bond donors (Lipinski definition) is 0. The zero-order chi connectivity index (χ0) is 12.3. The van der Waals surface area contributed by atoms with E-state index in [0.717, 1.165) is 4.88 Å². The zero-order valence-electron chi connectivity index (χ0n) is 9.58. The van der Waals surface area contributed by atoms with Crippen LogP contribution >= 0.6 is 22.7 Å². The van der Waals surface area contributed by atoms with Crippen LogP contribution in [0.15, 0.2) is 34.8 Å². The van der Waals surface area contributed by atoms with Crippen LogP contribution in [-0.4, -0.2) is 10.5 Å². The molecule has 0 saturated heterocycles. The molecule has 2 aromatic rings. The van der Waals surface area contributed by atoms with Gasteiger partial charge in [-0.1, -0.05) is 0 Å². The largest absolute Gasteiger partial charge is 0.327 e. The van der Waals surface area contributed by atoms with Crippen molar-refractivity contribution in [2.45, 2.75) is 6.92 Å². The molecular formula is C12H12N2OS2. The maximum absolute atomic E-state index is 11.6. The third kappa shape index (κ3) is 3.25. The summed E-state index contributed by atoms with van der Waals surface area (Å²) >= 11 is 3.11. The molecule has 0 aliphatic carbocycles. The van der Waals surface area contributed by atoms with Gasteiger partial charge in [0.2, 0.25) is 0 Å².